The van der Waals surface area contributed by atoms with Crippen molar-refractivity contribution in [2.24, 2.45) is 0 Å². The van der Waals surface area contributed by atoms with E-state index in [4.69, 9.17) is 4.74 Å². The molecule has 0 aromatic heterocycles. The van der Waals surface area contributed by atoms with Gasteiger partial charge in [-0.2, -0.15) is 0 Å². The summed E-state index contributed by atoms with van der Waals surface area (Å²) in [5.74, 6) is 1.83. The highest BCUT2D eigenvalue weighted by molar-refractivity contribution is 5.66. The molecule has 1 heterocycles. The van der Waals surface area contributed by atoms with Gasteiger partial charge in [0.25, 0.3) is 0 Å². The monoisotopic (exact) mass is 472 g/mol. The molecule has 35 heavy (non-hydrogen) atoms. The summed E-state index contributed by atoms with van der Waals surface area (Å²) in [6.45, 7) is 4.07. The van der Waals surface area contributed by atoms with Crippen LogP contribution in [0.15, 0.2) is 60.7 Å². The number of ether oxygens (including phenoxy) is 1. The molecule has 5 rings (SSSR count). The highest BCUT2D eigenvalue weighted by atomic mass is 16.5. The van der Waals surface area contributed by atoms with Crippen LogP contribution in [0.4, 0.5) is 11.4 Å². The third kappa shape index (κ3) is 6.09. The van der Waals surface area contributed by atoms with Crippen molar-refractivity contribution in [1.29, 1.82) is 0 Å². The molecule has 0 bridgehead atoms. The molecule has 1 aliphatic heterocycles. The van der Waals surface area contributed by atoms with Gasteiger partial charge in [-0.25, -0.2) is 0 Å². The molecule has 1 saturated heterocycles. The van der Waals surface area contributed by atoms with Crippen molar-refractivity contribution in [3.63, 3.8) is 0 Å². The molecule has 0 saturated carbocycles. The maximum Gasteiger partial charge on any atom is 0.119 e. The van der Waals surface area contributed by atoms with E-state index in [1.807, 2.05) is 48.5 Å². The van der Waals surface area contributed by atoms with E-state index in [1.54, 1.807) is 12.1 Å². The molecular weight excluding hydrogens is 436 g/mol. The Morgan fingerprint density at radius 1 is 0.829 bits per heavy atom. The number of nitrogens with one attached hydrogen (secondary N) is 1. The lowest BCUT2D eigenvalue weighted by Crippen LogP contribution is -2.29. The first-order valence-electron chi connectivity index (χ1n) is 13.0. The summed E-state index contributed by atoms with van der Waals surface area (Å²) in [4.78, 5) is 2.51. The van der Waals surface area contributed by atoms with E-state index >= 15 is 0 Å². The number of rotatable bonds is 7. The number of phenols is 2. The Morgan fingerprint density at radius 3 is 2.37 bits per heavy atom. The van der Waals surface area contributed by atoms with Crippen LogP contribution in [0.3, 0.4) is 0 Å². The summed E-state index contributed by atoms with van der Waals surface area (Å²) in [6.07, 6.45) is 8.19. The number of nitrogens with zero attached hydrogens (tertiary/aromatic N) is 1. The molecule has 1 aliphatic carbocycles. The van der Waals surface area contributed by atoms with Crippen molar-refractivity contribution in [2.45, 2.75) is 50.9 Å². The van der Waals surface area contributed by atoms with Crippen LogP contribution < -0.4 is 10.1 Å². The summed E-state index contributed by atoms with van der Waals surface area (Å²) >= 11 is 0. The van der Waals surface area contributed by atoms with Crippen LogP contribution in [0.2, 0.25) is 0 Å². The smallest absolute Gasteiger partial charge is 0.119 e. The molecular formula is C30H36N2O3. The summed E-state index contributed by atoms with van der Waals surface area (Å²) in [7, 11) is 0. The number of aromatic hydroxyl groups is 2. The average molecular weight is 473 g/mol. The van der Waals surface area contributed by atoms with Crippen molar-refractivity contribution >= 4 is 11.4 Å². The van der Waals surface area contributed by atoms with Crippen molar-refractivity contribution in [2.75, 3.05) is 31.6 Å². The third-order valence-corrected chi connectivity index (χ3v) is 7.40. The molecule has 0 amide bonds. The fourth-order valence-electron chi connectivity index (χ4n) is 5.46. The second kappa shape index (κ2) is 11.0. The number of phenolic OH excluding ortho intramolecular Hbond substituents is 2. The van der Waals surface area contributed by atoms with Gasteiger partial charge in [-0.15, -0.1) is 0 Å². The van der Waals surface area contributed by atoms with Crippen molar-refractivity contribution in [1.82, 2.24) is 4.90 Å². The summed E-state index contributed by atoms with van der Waals surface area (Å²) in [5, 5.41) is 23.5. The molecule has 3 aromatic carbocycles. The number of hydrogen-bond acceptors (Lipinski definition) is 5. The van der Waals surface area contributed by atoms with E-state index in [0.717, 1.165) is 42.9 Å². The Hall–Kier alpha value is -3.18. The van der Waals surface area contributed by atoms with Gasteiger partial charge >= 0.3 is 0 Å². The second-order valence-electron chi connectivity index (χ2n) is 9.92. The van der Waals surface area contributed by atoms with E-state index in [-0.39, 0.29) is 5.75 Å². The molecule has 3 N–H and O–H groups in total. The Morgan fingerprint density at radius 2 is 1.57 bits per heavy atom. The molecule has 3 aromatic rings. The number of fused-ring (bicyclic) bond motifs is 1. The Balaban J connectivity index is 1.22. The van der Waals surface area contributed by atoms with Crippen LogP contribution >= 0.6 is 0 Å². The zero-order valence-electron chi connectivity index (χ0n) is 20.4. The van der Waals surface area contributed by atoms with Gasteiger partial charge in [0.05, 0.1) is 0 Å². The minimum absolute atomic E-state index is 0.255. The van der Waals surface area contributed by atoms with Gasteiger partial charge in [-0.05, 0) is 110 Å². The van der Waals surface area contributed by atoms with E-state index in [1.165, 1.54) is 55.5 Å². The first kappa shape index (κ1) is 23.6. The molecule has 2 aliphatic rings. The van der Waals surface area contributed by atoms with Crippen molar-refractivity contribution < 1.29 is 14.9 Å². The number of likely N-dealkylation sites (tertiary alicyclic amines) is 1. The maximum atomic E-state index is 10.2. The van der Waals surface area contributed by atoms with Gasteiger partial charge in [-0.1, -0.05) is 25.0 Å². The lowest BCUT2D eigenvalue weighted by atomic mass is 9.79. The third-order valence-electron chi connectivity index (χ3n) is 7.40. The second-order valence-corrected chi connectivity index (χ2v) is 9.92. The zero-order valence-corrected chi connectivity index (χ0v) is 20.4. The van der Waals surface area contributed by atoms with Crippen molar-refractivity contribution in [3.05, 3.63) is 77.4 Å². The average Bonchev–Trinajstić information content (AvgIpc) is 3.14. The molecule has 5 nitrogen and oxygen atoms in total. The van der Waals surface area contributed by atoms with Gasteiger partial charge < -0.3 is 20.3 Å². The van der Waals surface area contributed by atoms with Gasteiger partial charge in [0.2, 0.25) is 0 Å². The minimum Gasteiger partial charge on any atom is -0.508 e. The highest BCUT2D eigenvalue weighted by Crippen LogP contribution is 2.39. The summed E-state index contributed by atoms with van der Waals surface area (Å²) < 4.78 is 6.01. The molecule has 1 fully saturated rings. The molecule has 1 unspecified atom stereocenters. The predicted octanol–water partition coefficient (Wildman–Crippen LogP) is 6.37. The fourth-order valence-corrected chi connectivity index (χ4v) is 5.46. The Kier molecular flexibility index (Phi) is 7.43. The first-order chi connectivity index (χ1) is 17.1. The molecule has 5 heteroatoms. The van der Waals surface area contributed by atoms with Gasteiger partial charge in [0, 0.05) is 24.0 Å². The number of anilines is 2. The molecule has 0 spiro atoms. The lowest BCUT2D eigenvalue weighted by Gasteiger charge is -2.27. The zero-order chi connectivity index (χ0) is 24.0. The number of aryl methyl sites for hydroxylation is 1. The lowest BCUT2D eigenvalue weighted by molar-refractivity contribution is 0.214. The Labute approximate surface area is 208 Å². The van der Waals surface area contributed by atoms with Crippen LogP contribution in [0.25, 0.3) is 0 Å². The maximum absolute atomic E-state index is 10.2. The number of hydrogen-bond donors (Lipinski definition) is 3. The number of benzene rings is 3. The van der Waals surface area contributed by atoms with E-state index in [9.17, 15) is 10.2 Å². The Bertz CT molecular complexity index is 1120. The fraction of sp³-hybridized carbons (Fsp3) is 0.400. The summed E-state index contributed by atoms with van der Waals surface area (Å²) in [5.41, 5.74) is 5.64. The van der Waals surface area contributed by atoms with Gasteiger partial charge in [-0.3, -0.25) is 4.90 Å². The van der Waals surface area contributed by atoms with Crippen LogP contribution in [-0.2, 0) is 12.8 Å². The molecule has 184 valence electrons. The minimum atomic E-state index is 0.255. The topological polar surface area (TPSA) is 65.0 Å². The van der Waals surface area contributed by atoms with Crippen molar-refractivity contribution in [3.8, 4) is 17.2 Å². The van der Waals surface area contributed by atoms with Crippen LogP contribution in [0.1, 0.15) is 54.7 Å². The largest absolute Gasteiger partial charge is 0.508 e. The van der Waals surface area contributed by atoms with Gasteiger partial charge in [0.15, 0.2) is 0 Å². The normalized spacial score (nSPS) is 18.5. The first-order valence-corrected chi connectivity index (χ1v) is 13.0. The van der Waals surface area contributed by atoms with E-state index in [0.29, 0.717) is 18.3 Å². The van der Waals surface area contributed by atoms with Crippen LogP contribution in [0, 0.1) is 0 Å². The van der Waals surface area contributed by atoms with E-state index < -0.39 is 0 Å². The van der Waals surface area contributed by atoms with Crippen LogP contribution in [-0.4, -0.2) is 41.4 Å². The molecule has 1 atom stereocenters. The van der Waals surface area contributed by atoms with E-state index in [2.05, 4.69) is 10.2 Å². The quantitative estimate of drug-likeness (QED) is 0.373. The molecule has 0 radical (unpaired) electrons. The van der Waals surface area contributed by atoms with Crippen LogP contribution in [0.5, 0.6) is 17.2 Å². The highest BCUT2D eigenvalue weighted by Gasteiger charge is 2.23. The summed E-state index contributed by atoms with van der Waals surface area (Å²) in [6, 6.07) is 19.4. The van der Waals surface area contributed by atoms with Gasteiger partial charge in [0.1, 0.15) is 23.9 Å². The SMILES string of the molecule is Oc1ccc2c(c1)CCC(c1ccc(O)cc1Nc1ccc(OCCN3CCCCCC3)cc1)C2. The predicted molar refractivity (Wildman–Crippen MR) is 141 cm³/mol. The standard InChI is InChI=1S/C30H36N2O3/c33-26-10-7-22-19-24(6-5-23(22)20-26)29-14-11-27(34)21-30(29)31-25-8-12-28(13-9-25)35-18-17-32-15-3-1-2-4-16-32/h7-14,20-21,24,31,33-34H,1-6,15-19H2.